The number of benzene rings is 1. The second-order valence-electron chi connectivity index (χ2n) is 5.91. The normalized spacial score (nSPS) is 20.1. The maximum atomic E-state index is 5.53. The summed E-state index contributed by atoms with van der Waals surface area (Å²) in [5, 5.41) is 3.36. The van der Waals surface area contributed by atoms with E-state index in [0.29, 0.717) is 0 Å². The summed E-state index contributed by atoms with van der Waals surface area (Å²) in [5.74, 6) is 1.84. The van der Waals surface area contributed by atoms with Gasteiger partial charge in [0.2, 0.25) is 0 Å². The molecule has 1 N–H and O–H groups in total. The Labute approximate surface area is 123 Å². The Morgan fingerprint density at radius 1 is 1.40 bits per heavy atom. The molecule has 2 rings (SSSR count). The largest absolute Gasteiger partial charge is 0.496 e. The summed E-state index contributed by atoms with van der Waals surface area (Å²) in [6.45, 7) is 9.83. The monoisotopic (exact) mass is 276 g/mol. The molecular formula is C17H28N2O. The van der Waals surface area contributed by atoms with Crippen molar-refractivity contribution in [1.29, 1.82) is 0 Å². The molecule has 0 bridgehead atoms. The lowest BCUT2D eigenvalue weighted by atomic mass is 9.99. The summed E-state index contributed by atoms with van der Waals surface area (Å²) in [6.07, 6.45) is 2.71. The van der Waals surface area contributed by atoms with Gasteiger partial charge in [-0.15, -0.1) is 0 Å². The summed E-state index contributed by atoms with van der Waals surface area (Å²) in [4.78, 5) is 2.56. The molecule has 1 aliphatic heterocycles. The van der Waals surface area contributed by atoms with Crippen LogP contribution in [0.25, 0.3) is 0 Å². The molecule has 3 heteroatoms. The van der Waals surface area contributed by atoms with Crippen molar-refractivity contribution in [2.24, 2.45) is 5.92 Å². The van der Waals surface area contributed by atoms with Gasteiger partial charge in [0.05, 0.1) is 7.11 Å². The molecule has 1 aliphatic rings. The first-order chi connectivity index (χ1) is 9.72. The summed E-state index contributed by atoms with van der Waals surface area (Å²) in [6, 6.07) is 6.64. The highest BCUT2D eigenvalue weighted by Gasteiger charge is 2.16. The van der Waals surface area contributed by atoms with Gasteiger partial charge in [-0.1, -0.05) is 26.0 Å². The van der Waals surface area contributed by atoms with Crippen LogP contribution < -0.4 is 10.1 Å². The average molecular weight is 276 g/mol. The third-order valence-electron chi connectivity index (χ3n) is 4.06. The Bertz CT molecular complexity index is 419. The summed E-state index contributed by atoms with van der Waals surface area (Å²) < 4.78 is 5.53. The van der Waals surface area contributed by atoms with Gasteiger partial charge < -0.3 is 10.1 Å². The van der Waals surface area contributed by atoms with Crippen LogP contribution in [0.1, 0.15) is 37.8 Å². The lowest BCUT2D eigenvalue weighted by Gasteiger charge is -2.31. The number of hydrogen-bond donors (Lipinski definition) is 1. The van der Waals surface area contributed by atoms with E-state index in [0.717, 1.165) is 31.3 Å². The predicted octanol–water partition coefficient (Wildman–Crippen LogP) is 3.04. The van der Waals surface area contributed by atoms with E-state index in [9.17, 15) is 0 Å². The van der Waals surface area contributed by atoms with Crippen LogP contribution in [0.2, 0.25) is 0 Å². The molecule has 1 heterocycles. The summed E-state index contributed by atoms with van der Waals surface area (Å²) in [7, 11) is 1.76. The zero-order chi connectivity index (χ0) is 14.4. The molecule has 1 aromatic rings. The molecule has 1 saturated heterocycles. The zero-order valence-corrected chi connectivity index (χ0v) is 13.1. The Hall–Kier alpha value is -1.06. The Balaban J connectivity index is 2.01. The first kappa shape index (κ1) is 15.3. The molecule has 0 spiro atoms. The quantitative estimate of drug-likeness (QED) is 0.864. The van der Waals surface area contributed by atoms with E-state index < -0.39 is 0 Å². The van der Waals surface area contributed by atoms with Crippen LogP contribution in [0, 0.1) is 5.92 Å². The number of nitrogens with zero attached hydrogens (tertiary/aromatic N) is 1. The first-order valence-corrected chi connectivity index (χ1v) is 7.81. The van der Waals surface area contributed by atoms with Crippen molar-refractivity contribution in [2.75, 3.05) is 26.7 Å². The van der Waals surface area contributed by atoms with Crippen molar-refractivity contribution in [3.63, 3.8) is 0 Å². The summed E-state index contributed by atoms with van der Waals surface area (Å²) in [5.41, 5.74) is 2.60. The van der Waals surface area contributed by atoms with E-state index in [1.165, 1.54) is 37.1 Å². The Kier molecular flexibility index (Phi) is 5.86. The van der Waals surface area contributed by atoms with Crippen LogP contribution in [-0.2, 0) is 13.1 Å². The molecule has 112 valence electrons. The second-order valence-corrected chi connectivity index (χ2v) is 5.91. The highest BCUT2D eigenvalue weighted by molar-refractivity contribution is 5.37. The van der Waals surface area contributed by atoms with Crippen molar-refractivity contribution >= 4 is 0 Å². The lowest BCUT2D eigenvalue weighted by Crippen LogP contribution is -2.33. The maximum Gasteiger partial charge on any atom is 0.123 e. The summed E-state index contributed by atoms with van der Waals surface area (Å²) >= 11 is 0. The molecule has 3 nitrogen and oxygen atoms in total. The number of hydrogen-bond acceptors (Lipinski definition) is 3. The van der Waals surface area contributed by atoms with Gasteiger partial charge in [0.25, 0.3) is 0 Å². The van der Waals surface area contributed by atoms with Gasteiger partial charge in [-0.05, 0) is 43.5 Å². The molecule has 0 saturated carbocycles. The topological polar surface area (TPSA) is 24.5 Å². The molecule has 0 aromatic heterocycles. The Morgan fingerprint density at radius 2 is 2.25 bits per heavy atom. The third kappa shape index (κ3) is 4.22. The highest BCUT2D eigenvalue weighted by atomic mass is 16.5. The van der Waals surface area contributed by atoms with Gasteiger partial charge in [0, 0.05) is 25.2 Å². The molecule has 1 aromatic carbocycles. The molecule has 1 fully saturated rings. The van der Waals surface area contributed by atoms with Crippen molar-refractivity contribution in [1.82, 2.24) is 10.2 Å². The standard InChI is InChI=1S/C17H28N2O/c1-4-18-11-16-8-7-15(10-17(16)20-3)13-19-9-5-6-14(2)12-19/h7-8,10,14,18H,4-6,9,11-13H2,1-3H3. The van der Waals surface area contributed by atoms with Crippen LogP contribution in [0.3, 0.4) is 0 Å². The van der Waals surface area contributed by atoms with Crippen molar-refractivity contribution in [2.45, 2.75) is 39.8 Å². The van der Waals surface area contributed by atoms with Gasteiger partial charge in [-0.3, -0.25) is 4.90 Å². The fraction of sp³-hybridized carbons (Fsp3) is 0.647. The van der Waals surface area contributed by atoms with E-state index in [2.05, 4.69) is 42.3 Å². The number of nitrogens with one attached hydrogen (secondary N) is 1. The predicted molar refractivity (Wildman–Crippen MR) is 84.0 cm³/mol. The molecule has 1 unspecified atom stereocenters. The molecule has 1 atom stereocenters. The highest BCUT2D eigenvalue weighted by Crippen LogP contribution is 2.23. The van der Waals surface area contributed by atoms with E-state index in [1.54, 1.807) is 7.11 Å². The van der Waals surface area contributed by atoms with Crippen LogP contribution in [0.15, 0.2) is 18.2 Å². The first-order valence-electron chi connectivity index (χ1n) is 7.81. The lowest BCUT2D eigenvalue weighted by molar-refractivity contribution is 0.176. The number of likely N-dealkylation sites (tertiary alicyclic amines) is 1. The van der Waals surface area contributed by atoms with E-state index in [1.807, 2.05) is 0 Å². The van der Waals surface area contributed by atoms with E-state index in [-0.39, 0.29) is 0 Å². The molecular weight excluding hydrogens is 248 g/mol. The van der Waals surface area contributed by atoms with Gasteiger partial charge >= 0.3 is 0 Å². The van der Waals surface area contributed by atoms with Crippen LogP contribution in [0.4, 0.5) is 0 Å². The minimum atomic E-state index is 0.832. The fourth-order valence-corrected chi connectivity index (χ4v) is 2.98. The van der Waals surface area contributed by atoms with Crippen molar-refractivity contribution in [3.8, 4) is 5.75 Å². The fourth-order valence-electron chi connectivity index (χ4n) is 2.98. The Morgan fingerprint density at radius 3 is 2.95 bits per heavy atom. The minimum Gasteiger partial charge on any atom is -0.496 e. The van der Waals surface area contributed by atoms with Crippen LogP contribution in [0.5, 0.6) is 5.75 Å². The van der Waals surface area contributed by atoms with Gasteiger partial charge in [-0.25, -0.2) is 0 Å². The smallest absolute Gasteiger partial charge is 0.123 e. The number of piperidine rings is 1. The van der Waals surface area contributed by atoms with Crippen LogP contribution >= 0.6 is 0 Å². The van der Waals surface area contributed by atoms with Crippen molar-refractivity contribution in [3.05, 3.63) is 29.3 Å². The number of rotatable bonds is 6. The zero-order valence-electron chi connectivity index (χ0n) is 13.1. The van der Waals surface area contributed by atoms with E-state index >= 15 is 0 Å². The van der Waals surface area contributed by atoms with Gasteiger partial charge in [-0.2, -0.15) is 0 Å². The molecule has 0 radical (unpaired) electrons. The SMILES string of the molecule is CCNCc1ccc(CN2CCCC(C)C2)cc1OC. The maximum absolute atomic E-state index is 5.53. The number of ether oxygens (including phenoxy) is 1. The third-order valence-corrected chi connectivity index (χ3v) is 4.06. The van der Waals surface area contributed by atoms with Crippen molar-refractivity contribution < 1.29 is 4.74 Å². The molecule has 0 aliphatic carbocycles. The van der Waals surface area contributed by atoms with E-state index in [4.69, 9.17) is 4.74 Å². The van der Waals surface area contributed by atoms with Gasteiger partial charge in [0.1, 0.15) is 5.75 Å². The average Bonchev–Trinajstić information content (AvgIpc) is 2.46. The number of methoxy groups -OCH3 is 1. The minimum absolute atomic E-state index is 0.832. The van der Waals surface area contributed by atoms with Gasteiger partial charge in [0.15, 0.2) is 0 Å². The van der Waals surface area contributed by atoms with Crippen LogP contribution in [-0.4, -0.2) is 31.6 Å². The molecule has 0 amide bonds. The second kappa shape index (κ2) is 7.65. The molecule has 20 heavy (non-hydrogen) atoms.